The van der Waals surface area contributed by atoms with Crippen LogP contribution in [0.1, 0.15) is 71.7 Å². The highest BCUT2D eigenvalue weighted by molar-refractivity contribution is 7.99. The van der Waals surface area contributed by atoms with Gasteiger partial charge >= 0.3 is 5.97 Å². The highest BCUT2D eigenvalue weighted by Crippen LogP contribution is 2.19. The molecule has 6 heteroatoms. The van der Waals surface area contributed by atoms with Gasteiger partial charge in [0, 0.05) is 16.9 Å². The van der Waals surface area contributed by atoms with Crippen molar-refractivity contribution in [2.24, 2.45) is 0 Å². The van der Waals surface area contributed by atoms with E-state index < -0.39 is 12.0 Å². The van der Waals surface area contributed by atoms with Gasteiger partial charge in [-0.3, -0.25) is 0 Å². The maximum atomic E-state index is 11.6. The molecular formula is C26H40N2O2S2. The molecule has 1 aromatic rings. The van der Waals surface area contributed by atoms with Crippen LogP contribution in [0.15, 0.2) is 52.0 Å². The van der Waals surface area contributed by atoms with Crippen LogP contribution in [-0.2, 0) is 4.79 Å². The number of thioether (sulfide) groups is 1. The average Bonchev–Trinajstić information content (AvgIpc) is 3.11. The van der Waals surface area contributed by atoms with E-state index >= 15 is 0 Å². The molecule has 32 heavy (non-hydrogen) atoms. The number of nitrogens with zero attached hydrogens (tertiary/aromatic N) is 1. The number of aliphatic carboxylic acids is 1. The highest BCUT2D eigenvalue weighted by atomic mass is 32.2. The first-order valence-electron chi connectivity index (χ1n) is 11.3. The molecule has 0 saturated heterocycles. The van der Waals surface area contributed by atoms with Crippen LogP contribution < -0.4 is 5.32 Å². The largest absolute Gasteiger partial charge is 0.480 e. The minimum atomic E-state index is -0.842. The van der Waals surface area contributed by atoms with Crippen molar-refractivity contribution in [1.29, 1.82) is 0 Å². The molecule has 0 saturated carbocycles. The summed E-state index contributed by atoms with van der Waals surface area (Å²) >= 11 is 3.16. The molecule has 178 valence electrons. The van der Waals surface area contributed by atoms with Gasteiger partial charge in [0.2, 0.25) is 0 Å². The van der Waals surface area contributed by atoms with Crippen LogP contribution in [0.3, 0.4) is 0 Å². The lowest BCUT2D eigenvalue weighted by atomic mass is 10.0. The van der Waals surface area contributed by atoms with Crippen molar-refractivity contribution in [3.8, 4) is 0 Å². The van der Waals surface area contributed by atoms with Crippen molar-refractivity contribution < 1.29 is 9.90 Å². The van der Waals surface area contributed by atoms with Crippen LogP contribution in [0.5, 0.6) is 0 Å². The van der Waals surface area contributed by atoms with E-state index in [2.05, 4.69) is 69.2 Å². The number of nitrogens with one attached hydrogen (secondary N) is 1. The van der Waals surface area contributed by atoms with Gasteiger partial charge in [-0.05, 0) is 73.6 Å². The van der Waals surface area contributed by atoms with Gasteiger partial charge in [-0.25, -0.2) is 9.78 Å². The zero-order chi connectivity index (χ0) is 23.9. The molecular weight excluding hydrogens is 436 g/mol. The molecule has 1 unspecified atom stereocenters. The minimum Gasteiger partial charge on any atom is -0.480 e. The third-order valence-electron chi connectivity index (χ3n) is 4.84. The molecule has 0 amide bonds. The van der Waals surface area contributed by atoms with Gasteiger partial charge in [0.15, 0.2) is 0 Å². The Kier molecular flexibility index (Phi) is 14.1. The number of carboxylic acid groups (broad SMARTS) is 1. The van der Waals surface area contributed by atoms with Crippen LogP contribution in [0, 0.1) is 6.92 Å². The number of hydrogen-bond acceptors (Lipinski definition) is 5. The number of allylic oxidation sites excluding steroid dienone is 7. The van der Waals surface area contributed by atoms with Crippen LogP contribution in [0.25, 0.3) is 0 Å². The smallest absolute Gasteiger partial charge is 0.327 e. The quantitative estimate of drug-likeness (QED) is 0.200. The zero-order valence-corrected chi connectivity index (χ0v) is 22.2. The lowest BCUT2D eigenvalue weighted by Gasteiger charge is -2.13. The monoisotopic (exact) mass is 476 g/mol. The fourth-order valence-corrected chi connectivity index (χ4v) is 4.47. The number of hydrogen-bond donors (Lipinski definition) is 2. The summed E-state index contributed by atoms with van der Waals surface area (Å²) < 4.78 is 0. The molecule has 4 nitrogen and oxygen atoms in total. The Bertz CT molecular complexity index is 827. The first-order chi connectivity index (χ1) is 15.2. The molecule has 1 aromatic heterocycles. The van der Waals surface area contributed by atoms with E-state index in [-0.39, 0.29) is 0 Å². The predicted molar refractivity (Wildman–Crippen MR) is 143 cm³/mol. The second-order valence-corrected chi connectivity index (χ2v) is 10.7. The van der Waals surface area contributed by atoms with Gasteiger partial charge in [-0.1, -0.05) is 46.6 Å². The summed E-state index contributed by atoms with van der Waals surface area (Å²) in [7, 11) is 0. The Hall–Kier alpha value is -1.79. The SMILES string of the molecule is CC(C)=CCC/C(C)=C/CC/C(=C/CSCC(Nc1csc(C)n1)C(=O)O)CC=C(C)C. The van der Waals surface area contributed by atoms with Crippen molar-refractivity contribution in [3.63, 3.8) is 0 Å². The molecule has 0 fully saturated rings. The van der Waals surface area contributed by atoms with Gasteiger partial charge in [0.1, 0.15) is 11.9 Å². The number of aryl methyl sites for hydroxylation is 1. The van der Waals surface area contributed by atoms with Crippen molar-refractivity contribution >= 4 is 34.9 Å². The fourth-order valence-electron chi connectivity index (χ4n) is 2.96. The van der Waals surface area contributed by atoms with Gasteiger partial charge in [0.05, 0.1) is 5.01 Å². The van der Waals surface area contributed by atoms with Crippen molar-refractivity contribution in [2.45, 2.75) is 79.7 Å². The summed E-state index contributed by atoms with van der Waals surface area (Å²) in [5.41, 5.74) is 5.57. The lowest BCUT2D eigenvalue weighted by Crippen LogP contribution is -2.31. The maximum absolute atomic E-state index is 11.6. The Labute approximate surface area is 203 Å². The van der Waals surface area contributed by atoms with Crippen LogP contribution in [0.4, 0.5) is 5.82 Å². The number of rotatable bonds is 15. The van der Waals surface area contributed by atoms with Crippen LogP contribution >= 0.6 is 23.1 Å². The fraction of sp³-hybridized carbons (Fsp3) is 0.538. The van der Waals surface area contributed by atoms with Gasteiger partial charge in [-0.2, -0.15) is 11.8 Å². The Morgan fingerprint density at radius 3 is 2.38 bits per heavy atom. The number of carboxylic acids is 1. The third-order valence-corrected chi connectivity index (χ3v) is 6.58. The highest BCUT2D eigenvalue weighted by Gasteiger charge is 2.17. The second kappa shape index (κ2) is 15.9. The Morgan fingerprint density at radius 2 is 1.78 bits per heavy atom. The van der Waals surface area contributed by atoms with E-state index in [0.717, 1.165) is 42.9 Å². The third kappa shape index (κ3) is 13.6. The van der Waals surface area contributed by atoms with Gasteiger partial charge in [-0.15, -0.1) is 11.3 Å². The molecule has 1 rings (SSSR count). The van der Waals surface area contributed by atoms with E-state index in [1.165, 1.54) is 33.6 Å². The molecule has 0 spiro atoms. The normalized spacial score (nSPS) is 12.9. The molecule has 1 atom stereocenters. The standard InChI is InChI=1S/C26H40N2O2S2/c1-19(2)9-7-10-21(5)11-8-12-23(14-13-20(3)4)15-16-31-17-24(26(29)30)28-25-18-32-22(6)27-25/h9,11,13,15,18,24,28H,7-8,10,12,14,16-17H2,1-6H3,(H,29,30)/b21-11+,23-15-. The molecule has 0 radical (unpaired) electrons. The lowest BCUT2D eigenvalue weighted by molar-refractivity contribution is -0.137. The predicted octanol–water partition coefficient (Wildman–Crippen LogP) is 7.81. The zero-order valence-electron chi connectivity index (χ0n) is 20.5. The summed E-state index contributed by atoms with van der Waals surface area (Å²) in [4.78, 5) is 15.9. The van der Waals surface area contributed by atoms with Crippen molar-refractivity contribution in [1.82, 2.24) is 4.98 Å². The van der Waals surface area contributed by atoms with E-state index in [4.69, 9.17) is 0 Å². The molecule has 2 N–H and O–H groups in total. The van der Waals surface area contributed by atoms with E-state index in [1.54, 1.807) is 11.8 Å². The molecule has 0 aliphatic heterocycles. The second-order valence-electron chi connectivity index (χ2n) is 8.58. The molecule has 0 aromatic carbocycles. The molecule has 1 heterocycles. The van der Waals surface area contributed by atoms with E-state index in [9.17, 15) is 9.90 Å². The van der Waals surface area contributed by atoms with E-state index in [1.807, 2.05) is 12.3 Å². The summed E-state index contributed by atoms with van der Waals surface area (Å²) in [6.07, 6.45) is 14.5. The first-order valence-corrected chi connectivity index (χ1v) is 13.3. The Morgan fingerprint density at radius 1 is 1.09 bits per heavy atom. The van der Waals surface area contributed by atoms with Gasteiger partial charge in [0.25, 0.3) is 0 Å². The van der Waals surface area contributed by atoms with Crippen molar-refractivity contribution in [3.05, 3.63) is 57.0 Å². The summed E-state index contributed by atoms with van der Waals surface area (Å²) in [6.45, 7) is 12.7. The molecule has 0 aliphatic rings. The number of aromatic nitrogens is 1. The Balaban J connectivity index is 2.57. The average molecular weight is 477 g/mol. The number of thiazole rings is 1. The first kappa shape index (κ1) is 28.2. The molecule has 0 aliphatic carbocycles. The number of anilines is 1. The topological polar surface area (TPSA) is 62.2 Å². The van der Waals surface area contributed by atoms with E-state index in [0.29, 0.717) is 11.6 Å². The summed E-state index contributed by atoms with van der Waals surface area (Å²) in [5.74, 6) is 1.12. The van der Waals surface area contributed by atoms with Crippen LogP contribution in [0.2, 0.25) is 0 Å². The maximum Gasteiger partial charge on any atom is 0.327 e. The summed E-state index contributed by atoms with van der Waals surface area (Å²) in [5, 5.41) is 15.3. The summed E-state index contributed by atoms with van der Waals surface area (Å²) in [6, 6.07) is -0.637. The molecule has 0 bridgehead atoms. The van der Waals surface area contributed by atoms with Crippen molar-refractivity contribution in [2.75, 3.05) is 16.8 Å². The van der Waals surface area contributed by atoms with Crippen LogP contribution in [-0.4, -0.2) is 33.6 Å². The number of carbonyl (C=O) groups is 1. The minimum absolute atomic E-state index is 0.502. The van der Waals surface area contributed by atoms with Gasteiger partial charge < -0.3 is 10.4 Å².